The highest BCUT2D eigenvalue weighted by atomic mass is 16.5. The fraction of sp³-hybridized carbons (Fsp3) is 0.556. The SMILES string of the molecule is Cc1ccc(C)c(OCC(=O)NCC2(C(=O)O)CCCCC2)c1. The van der Waals surface area contributed by atoms with Gasteiger partial charge in [0.15, 0.2) is 6.61 Å². The molecular formula is C18H25NO4. The van der Waals surface area contributed by atoms with Crippen LogP contribution in [-0.4, -0.2) is 30.1 Å². The Morgan fingerprint density at radius 1 is 1.22 bits per heavy atom. The Labute approximate surface area is 137 Å². The minimum atomic E-state index is -0.812. The van der Waals surface area contributed by atoms with Crippen molar-refractivity contribution >= 4 is 11.9 Å². The van der Waals surface area contributed by atoms with Crippen LogP contribution in [-0.2, 0) is 9.59 Å². The zero-order valence-corrected chi connectivity index (χ0v) is 13.9. The van der Waals surface area contributed by atoms with Gasteiger partial charge in [-0.15, -0.1) is 0 Å². The third kappa shape index (κ3) is 4.47. The number of amides is 1. The van der Waals surface area contributed by atoms with Crippen molar-refractivity contribution in [1.29, 1.82) is 0 Å². The molecule has 0 spiro atoms. The third-order valence-corrected chi connectivity index (χ3v) is 4.59. The maximum absolute atomic E-state index is 12.0. The number of aliphatic carboxylic acids is 1. The molecule has 5 heteroatoms. The highest BCUT2D eigenvalue weighted by molar-refractivity contribution is 5.80. The lowest BCUT2D eigenvalue weighted by atomic mass is 9.74. The zero-order chi connectivity index (χ0) is 16.9. The van der Waals surface area contributed by atoms with E-state index in [2.05, 4.69) is 5.32 Å². The first-order chi connectivity index (χ1) is 10.9. The van der Waals surface area contributed by atoms with E-state index in [-0.39, 0.29) is 19.1 Å². The zero-order valence-electron chi connectivity index (χ0n) is 13.9. The van der Waals surface area contributed by atoms with Crippen LogP contribution in [0.1, 0.15) is 43.2 Å². The van der Waals surface area contributed by atoms with E-state index in [1.165, 1.54) is 0 Å². The van der Waals surface area contributed by atoms with Crippen molar-refractivity contribution in [2.75, 3.05) is 13.2 Å². The first-order valence-corrected chi connectivity index (χ1v) is 8.13. The van der Waals surface area contributed by atoms with Gasteiger partial charge in [-0.3, -0.25) is 9.59 Å². The number of carboxylic acid groups (broad SMARTS) is 1. The number of rotatable bonds is 6. The van der Waals surface area contributed by atoms with E-state index in [0.717, 1.165) is 30.4 Å². The van der Waals surface area contributed by atoms with Crippen LogP contribution in [0.5, 0.6) is 5.75 Å². The molecule has 1 amide bonds. The number of hydrogen-bond acceptors (Lipinski definition) is 3. The molecule has 2 rings (SSSR count). The van der Waals surface area contributed by atoms with Crippen molar-refractivity contribution < 1.29 is 19.4 Å². The van der Waals surface area contributed by atoms with E-state index in [1.54, 1.807) is 0 Å². The Hall–Kier alpha value is -2.04. The quantitative estimate of drug-likeness (QED) is 0.845. The Morgan fingerprint density at radius 2 is 1.91 bits per heavy atom. The Kier molecular flexibility index (Phi) is 5.64. The highest BCUT2D eigenvalue weighted by Gasteiger charge is 2.39. The molecule has 23 heavy (non-hydrogen) atoms. The number of carbonyl (C=O) groups is 2. The summed E-state index contributed by atoms with van der Waals surface area (Å²) in [5.41, 5.74) is 1.23. The molecule has 1 aliphatic carbocycles. The number of aryl methyl sites for hydroxylation is 2. The van der Waals surface area contributed by atoms with Crippen molar-refractivity contribution in [2.24, 2.45) is 5.41 Å². The van der Waals surface area contributed by atoms with Gasteiger partial charge in [-0.25, -0.2) is 0 Å². The summed E-state index contributed by atoms with van der Waals surface area (Å²) in [6.45, 7) is 3.97. The Morgan fingerprint density at radius 3 is 2.57 bits per heavy atom. The van der Waals surface area contributed by atoms with Crippen LogP contribution >= 0.6 is 0 Å². The molecule has 1 aliphatic rings. The first kappa shape index (κ1) is 17.3. The molecule has 1 fully saturated rings. The molecule has 0 saturated heterocycles. The second-order valence-electron chi connectivity index (χ2n) is 6.48. The lowest BCUT2D eigenvalue weighted by Gasteiger charge is -2.33. The molecule has 0 atom stereocenters. The standard InChI is InChI=1S/C18H25NO4/c1-13-6-7-14(2)15(10-13)23-11-16(20)19-12-18(17(21)22)8-4-3-5-9-18/h6-7,10H,3-5,8-9,11-12H2,1-2H3,(H,19,20)(H,21,22). The van der Waals surface area contributed by atoms with Gasteiger partial charge in [0, 0.05) is 6.54 Å². The summed E-state index contributed by atoms with van der Waals surface area (Å²) in [6, 6.07) is 5.83. The van der Waals surface area contributed by atoms with Gasteiger partial charge < -0.3 is 15.2 Å². The summed E-state index contributed by atoms with van der Waals surface area (Å²) in [6.07, 6.45) is 4.13. The average molecular weight is 319 g/mol. The normalized spacial score (nSPS) is 16.6. The number of carbonyl (C=O) groups excluding carboxylic acids is 1. The molecule has 0 bridgehead atoms. The molecule has 2 N–H and O–H groups in total. The minimum Gasteiger partial charge on any atom is -0.483 e. The number of nitrogens with one attached hydrogen (secondary N) is 1. The van der Waals surface area contributed by atoms with Crippen molar-refractivity contribution in [3.05, 3.63) is 29.3 Å². The van der Waals surface area contributed by atoms with Crippen LogP contribution in [0.4, 0.5) is 0 Å². The average Bonchev–Trinajstić information content (AvgIpc) is 2.54. The smallest absolute Gasteiger partial charge is 0.311 e. The summed E-state index contributed by atoms with van der Waals surface area (Å²) in [7, 11) is 0. The monoisotopic (exact) mass is 319 g/mol. The molecular weight excluding hydrogens is 294 g/mol. The number of benzene rings is 1. The van der Waals surface area contributed by atoms with Crippen molar-refractivity contribution in [2.45, 2.75) is 46.0 Å². The molecule has 5 nitrogen and oxygen atoms in total. The maximum Gasteiger partial charge on any atom is 0.311 e. The van der Waals surface area contributed by atoms with Crippen molar-refractivity contribution in [3.63, 3.8) is 0 Å². The number of carboxylic acids is 1. The van der Waals surface area contributed by atoms with Gasteiger partial charge in [0.1, 0.15) is 5.75 Å². The number of ether oxygens (including phenoxy) is 1. The first-order valence-electron chi connectivity index (χ1n) is 8.13. The van der Waals surface area contributed by atoms with E-state index in [1.807, 2.05) is 32.0 Å². The molecule has 0 unspecified atom stereocenters. The molecule has 0 heterocycles. The summed E-state index contributed by atoms with van der Waals surface area (Å²) in [4.78, 5) is 23.6. The van der Waals surface area contributed by atoms with Crippen molar-refractivity contribution in [3.8, 4) is 5.75 Å². The second kappa shape index (κ2) is 7.49. The van der Waals surface area contributed by atoms with Crippen LogP contribution in [0, 0.1) is 19.3 Å². The molecule has 0 radical (unpaired) electrons. The lowest BCUT2D eigenvalue weighted by Crippen LogP contribution is -2.45. The van der Waals surface area contributed by atoms with E-state index in [9.17, 15) is 14.7 Å². The molecule has 0 aliphatic heterocycles. The molecule has 1 aromatic rings. The molecule has 0 aromatic heterocycles. The van der Waals surface area contributed by atoms with Gasteiger partial charge in [0.2, 0.25) is 0 Å². The summed E-state index contributed by atoms with van der Waals surface area (Å²) in [5.74, 6) is -0.407. The van der Waals surface area contributed by atoms with E-state index in [4.69, 9.17) is 4.74 Å². The minimum absolute atomic E-state index is 0.0972. The summed E-state index contributed by atoms with van der Waals surface area (Å²) >= 11 is 0. The van der Waals surface area contributed by atoms with E-state index in [0.29, 0.717) is 18.6 Å². The van der Waals surface area contributed by atoms with Crippen LogP contribution in [0.25, 0.3) is 0 Å². The van der Waals surface area contributed by atoms with Crippen molar-refractivity contribution in [1.82, 2.24) is 5.32 Å². The van der Waals surface area contributed by atoms with Gasteiger partial charge in [0.05, 0.1) is 5.41 Å². The lowest BCUT2D eigenvalue weighted by molar-refractivity contribution is -0.151. The molecule has 1 aromatic carbocycles. The summed E-state index contributed by atoms with van der Waals surface area (Å²) in [5, 5.41) is 12.2. The van der Waals surface area contributed by atoms with E-state index >= 15 is 0 Å². The van der Waals surface area contributed by atoms with Gasteiger partial charge in [0.25, 0.3) is 5.91 Å². The predicted molar refractivity (Wildman–Crippen MR) is 87.6 cm³/mol. The predicted octanol–water partition coefficient (Wildman–Crippen LogP) is 2.83. The van der Waals surface area contributed by atoms with Gasteiger partial charge in [-0.2, -0.15) is 0 Å². The van der Waals surface area contributed by atoms with Crippen LogP contribution in [0.2, 0.25) is 0 Å². The Balaban J connectivity index is 1.87. The number of hydrogen-bond donors (Lipinski definition) is 2. The third-order valence-electron chi connectivity index (χ3n) is 4.59. The van der Waals surface area contributed by atoms with Gasteiger partial charge in [-0.05, 0) is 43.9 Å². The topological polar surface area (TPSA) is 75.6 Å². The maximum atomic E-state index is 12.0. The Bertz CT molecular complexity index is 576. The van der Waals surface area contributed by atoms with Crippen LogP contribution in [0.15, 0.2) is 18.2 Å². The van der Waals surface area contributed by atoms with Gasteiger partial charge in [-0.1, -0.05) is 31.4 Å². The van der Waals surface area contributed by atoms with E-state index < -0.39 is 11.4 Å². The van der Waals surface area contributed by atoms with Crippen LogP contribution < -0.4 is 10.1 Å². The fourth-order valence-electron chi connectivity index (χ4n) is 3.02. The van der Waals surface area contributed by atoms with Gasteiger partial charge >= 0.3 is 5.97 Å². The second-order valence-corrected chi connectivity index (χ2v) is 6.48. The molecule has 126 valence electrons. The summed E-state index contributed by atoms with van der Waals surface area (Å²) < 4.78 is 5.55. The largest absolute Gasteiger partial charge is 0.483 e. The van der Waals surface area contributed by atoms with Crippen LogP contribution in [0.3, 0.4) is 0 Å². The molecule has 1 saturated carbocycles. The fourth-order valence-corrected chi connectivity index (χ4v) is 3.02. The highest BCUT2D eigenvalue weighted by Crippen LogP contribution is 2.36.